The summed E-state index contributed by atoms with van der Waals surface area (Å²) in [4.78, 5) is 16.8. The summed E-state index contributed by atoms with van der Waals surface area (Å²) in [6.45, 7) is 8.67. The standard InChI is InChI=1S/C10H12N2O.C2H6/c1-7(2)8-3-4-9-11-10(13)6-12(9)5-8;1-2/h3-5,7H,6H2,1-2H3;1-2H3. The van der Waals surface area contributed by atoms with Crippen LogP contribution in [-0.4, -0.2) is 23.2 Å². The average molecular weight is 206 g/mol. The van der Waals surface area contributed by atoms with Gasteiger partial charge in [-0.25, -0.2) is 0 Å². The first-order chi connectivity index (χ1) is 7.16. The lowest BCUT2D eigenvalue weighted by Gasteiger charge is -2.19. The molecule has 2 heterocycles. The molecule has 0 spiro atoms. The van der Waals surface area contributed by atoms with Crippen LogP contribution in [-0.2, 0) is 4.79 Å². The molecule has 2 aliphatic heterocycles. The van der Waals surface area contributed by atoms with Crippen molar-refractivity contribution < 1.29 is 4.79 Å². The van der Waals surface area contributed by atoms with E-state index in [1.54, 1.807) is 0 Å². The summed E-state index contributed by atoms with van der Waals surface area (Å²) in [5, 5.41) is 0. The van der Waals surface area contributed by atoms with E-state index in [4.69, 9.17) is 0 Å². The van der Waals surface area contributed by atoms with Gasteiger partial charge in [-0.3, -0.25) is 4.79 Å². The summed E-state index contributed by atoms with van der Waals surface area (Å²) in [5.41, 5.74) is 1.24. The van der Waals surface area contributed by atoms with E-state index in [1.165, 1.54) is 5.57 Å². The van der Waals surface area contributed by atoms with E-state index >= 15 is 0 Å². The molecule has 0 aromatic heterocycles. The van der Waals surface area contributed by atoms with Crippen LogP contribution in [0, 0.1) is 5.92 Å². The van der Waals surface area contributed by atoms with Gasteiger partial charge in [0.2, 0.25) is 0 Å². The molecule has 0 atom stereocenters. The second-order valence-corrected chi connectivity index (χ2v) is 3.61. The summed E-state index contributed by atoms with van der Waals surface area (Å²) in [6.07, 6.45) is 5.94. The zero-order valence-electron chi connectivity index (χ0n) is 9.82. The average Bonchev–Trinajstić information content (AvgIpc) is 2.59. The molecule has 0 aliphatic carbocycles. The van der Waals surface area contributed by atoms with Gasteiger partial charge in [0.25, 0.3) is 5.91 Å². The van der Waals surface area contributed by atoms with E-state index in [1.807, 2.05) is 37.1 Å². The van der Waals surface area contributed by atoms with Crippen LogP contribution in [0.1, 0.15) is 27.7 Å². The molecule has 0 aromatic carbocycles. The smallest absolute Gasteiger partial charge is 0.267 e. The summed E-state index contributed by atoms with van der Waals surface area (Å²) in [5.74, 6) is 1.21. The molecule has 0 N–H and O–H groups in total. The molecular weight excluding hydrogens is 188 g/mol. The summed E-state index contributed by atoms with van der Waals surface area (Å²) < 4.78 is 0. The number of hydrogen-bond donors (Lipinski definition) is 0. The number of carbonyl (C=O) groups is 1. The minimum absolute atomic E-state index is 0.0547. The Bertz CT molecular complexity index is 338. The van der Waals surface area contributed by atoms with Crippen molar-refractivity contribution in [3.05, 3.63) is 23.9 Å². The van der Waals surface area contributed by atoms with Crippen LogP contribution in [0.3, 0.4) is 0 Å². The normalized spacial score (nSPS) is 18.2. The van der Waals surface area contributed by atoms with E-state index in [0.29, 0.717) is 12.5 Å². The molecule has 0 saturated heterocycles. The third-order valence-electron chi connectivity index (χ3n) is 2.24. The first kappa shape index (κ1) is 11.7. The number of nitrogens with zero attached hydrogens (tertiary/aromatic N) is 2. The minimum atomic E-state index is -0.0547. The van der Waals surface area contributed by atoms with Crippen LogP contribution < -0.4 is 0 Å². The fraction of sp³-hybridized carbons (Fsp3) is 0.500. The Balaban J connectivity index is 0.000000531. The molecule has 1 amide bonds. The van der Waals surface area contributed by atoms with Crippen LogP contribution in [0.4, 0.5) is 0 Å². The molecule has 0 radical (unpaired) electrons. The van der Waals surface area contributed by atoms with E-state index < -0.39 is 0 Å². The van der Waals surface area contributed by atoms with Crippen molar-refractivity contribution in [3.8, 4) is 0 Å². The number of carbonyl (C=O) groups excluding carboxylic acids is 1. The number of aliphatic imine (C=N–C) groups is 1. The van der Waals surface area contributed by atoms with Gasteiger partial charge in [0.05, 0.1) is 0 Å². The maximum absolute atomic E-state index is 11.0. The molecule has 0 fully saturated rings. The second-order valence-electron chi connectivity index (χ2n) is 3.61. The van der Waals surface area contributed by atoms with E-state index in [0.717, 1.165) is 5.84 Å². The molecule has 2 rings (SSSR count). The van der Waals surface area contributed by atoms with E-state index in [2.05, 4.69) is 18.8 Å². The monoisotopic (exact) mass is 206 g/mol. The topological polar surface area (TPSA) is 32.7 Å². The van der Waals surface area contributed by atoms with Crippen molar-refractivity contribution in [2.45, 2.75) is 27.7 Å². The fourth-order valence-corrected chi connectivity index (χ4v) is 1.43. The molecular formula is C12H18N2O. The predicted molar refractivity (Wildman–Crippen MR) is 62.6 cm³/mol. The van der Waals surface area contributed by atoms with Crippen molar-refractivity contribution >= 4 is 11.7 Å². The lowest BCUT2D eigenvalue weighted by molar-refractivity contribution is -0.116. The molecule has 3 heteroatoms. The van der Waals surface area contributed by atoms with E-state index in [-0.39, 0.29) is 5.91 Å². The second kappa shape index (κ2) is 4.91. The predicted octanol–water partition coefficient (Wildman–Crippen LogP) is 2.36. The highest BCUT2D eigenvalue weighted by Crippen LogP contribution is 2.19. The molecule has 15 heavy (non-hydrogen) atoms. The minimum Gasteiger partial charge on any atom is -0.323 e. The maximum Gasteiger partial charge on any atom is 0.267 e. The number of rotatable bonds is 1. The molecule has 0 bridgehead atoms. The van der Waals surface area contributed by atoms with E-state index in [9.17, 15) is 4.79 Å². The molecule has 3 nitrogen and oxygen atoms in total. The van der Waals surface area contributed by atoms with Crippen LogP contribution >= 0.6 is 0 Å². The molecule has 0 unspecified atom stereocenters. The fourth-order valence-electron chi connectivity index (χ4n) is 1.43. The van der Waals surface area contributed by atoms with Gasteiger partial charge in [0.1, 0.15) is 12.4 Å². The number of amides is 1. The first-order valence-electron chi connectivity index (χ1n) is 5.45. The third-order valence-corrected chi connectivity index (χ3v) is 2.24. The number of hydrogen-bond acceptors (Lipinski definition) is 2. The molecule has 2 aliphatic rings. The van der Waals surface area contributed by atoms with Gasteiger partial charge >= 0.3 is 0 Å². The zero-order valence-corrected chi connectivity index (χ0v) is 9.82. The van der Waals surface area contributed by atoms with Crippen molar-refractivity contribution in [2.24, 2.45) is 10.9 Å². The number of fused-ring (bicyclic) bond motifs is 1. The van der Waals surface area contributed by atoms with Gasteiger partial charge in [-0.2, -0.15) is 4.99 Å². The highest BCUT2D eigenvalue weighted by Gasteiger charge is 2.22. The highest BCUT2D eigenvalue weighted by atomic mass is 16.2. The molecule has 82 valence electrons. The highest BCUT2D eigenvalue weighted by molar-refractivity contribution is 6.08. The SMILES string of the molecule is CC.CC(C)C1=CN2CC(=O)N=C2C=C1. The number of allylic oxidation sites excluding steroid dienone is 2. The van der Waals surface area contributed by atoms with Crippen molar-refractivity contribution in [3.63, 3.8) is 0 Å². The summed E-state index contributed by atoms with van der Waals surface area (Å²) in [6, 6.07) is 0. The van der Waals surface area contributed by atoms with Crippen molar-refractivity contribution in [2.75, 3.05) is 6.54 Å². The first-order valence-corrected chi connectivity index (χ1v) is 5.45. The Morgan fingerprint density at radius 2 is 2.00 bits per heavy atom. The Kier molecular flexibility index (Phi) is 3.83. The Labute approximate surface area is 91.2 Å². The summed E-state index contributed by atoms with van der Waals surface area (Å²) >= 11 is 0. The van der Waals surface area contributed by atoms with Crippen LogP contribution in [0.2, 0.25) is 0 Å². The quantitative estimate of drug-likeness (QED) is 0.659. The van der Waals surface area contributed by atoms with Crippen LogP contribution in [0.25, 0.3) is 0 Å². The number of amidine groups is 1. The Hall–Kier alpha value is -1.38. The Morgan fingerprint density at radius 3 is 2.60 bits per heavy atom. The van der Waals surface area contributed by atoms with Gasteiger partial charge < -0.3 is 4.90 Å². The molecule has 0 saturated carbocycles. The third kappa shape index (κ3) is 2.55. The van der Waals surface area contributed by atoms with Gasteiger partial charge in [-0.05, 0) is 17.6 Å². The van der Waals surface area contributed by atoms with Crippen molar-refractivity contribution in [1.29, 1.82) is 0 Å². The lowest BCUT2D eigenvalue weighted by atomic mass is 10.0. The maximum atomic E-state index is 11.0. The van der Waals surface area contributed by atoms with Crippen molar-refractivity contribution in [1.82, 2.24) is 4.90 Å². The van der Waals surface area contributed by atoms with Gasteiger partial charge in [0.15, 0.2) is 0 Å². The molecule has 0 aromatic rings. The van der Waals surface area contributed by atoms with Gasteiger partial charge in [0, 0.05) is 6.20 Å². The Morgan fingerprint density at radius 1 is 1.33 bits per heavy atom. The summed E-state index contributed by atoms with van der Waals surface area (Å²) in [7, 11) is 0. The lowest BCUT2D eigenvalue weighted by Crippen LogP contribution is -2.24. The van der Waals surface area contributed by atoms with Gasteiger partial charge in [-0.1, -0.05) is 33.8 Å². The van der Waals surface area contributed by atoms with Crippen LogP contribution in [0.15, 0.2) is 28.9 Å². The van der Waals surface area contributed by atoms with Gasteiger partial charge in [-0.15, -0.1) is 0 Å². The van der Waals surface area contributed by atoms with Crippen LogP contribution in [0.5, 0.6) is 0 Å². The largest absolute Gasteiger partial charge is 0.323 e. The zero-order chi connectivity index (χ0) is 11.4.